The summed E-state index contributed by atoms with van der Waals surface area (Å²) in [6.07, 6.45) is 16.5. The zero-order valence-corrected chi connectivity index (χ0v) is 16.7. The molecule has 0 aromatic heterocycles. The van der Waals surface area contributed by atoms with Crippen molar-refractivity contribution >= 4 is 11.8 Å². The Hall–Kier alpha value is -0.950. The number of hydrogen-bond acceptors (Lipinski definition) is 1. The van der Waals surface area contributed by atoms with Crippen LogP contribution in [0.3, 0.4) is 0 Å². The second kappa shape index (κ2) is 14.4. The highest BCUT2D eigenvalue weighted by molar-refractivity contribution is 8.03. The molecule has 0 aliphatic heterocycles. The number of hydrogen-bond donors (Lipinski definition) is 0. The third-order valence-electron chi connectivity index (χ3n) is 4.45. The molecule has 0 spiro atoms. The summed E-state index contributed by atoms with van der Waals surface area (Å²) in [5.41, 5.74) is 1.57. The standard InChI is InChI=1S/C23H36S/c1-4-7-8-9-10-11-12-16-20-23(21(6-3)17-5-2)24-22-18-14-13-15-19-22/h5,13-15,18-19H,2,4,6-12,16-17,20H2,1,3H3/b23-21+. The van der Waals surface area contributed by atoms with Crippen LogP contribution in [0, 0.1) is 0 Å². The molecule has 0 nitrogen and oxygen atoms in total. The minimum Gasteiger partial charge on any atom is -0.103 e. The van der Waals surface area contributed by atoms with Gasteiger partial charge < -0.3 is 0 Å². The molecule has 1 heteroatoms. The summed E-state index contributed by atoms with van der Waals surface area (Å²) < 4.78 is 0. The predicted molar refractivity (Wildman–Crippen MR) is 112 cm³/mol. The second-order valence-electron chi connectivity index (χ2n) is 6.51. The van der Waals surface area contributed by atoms with Crippen molar-refractivity contribution in [2.45, 2.75) is 89.4 Å². The summed E-state index contributed by atoms with van der Waals surface area (Å²) >= 11 is 1.97. The number of unbranched alkanes of at least 4 members (excludes halogenated alkanes) is 7. The molecule has 0 amide bonds. The summed E-state index contributed by atoms with van der Waals surface area (Å²) in [7, 11) is 0. The van der Waals surface area contributed by atoms with Gasteiger partial charge in [0.05, 0.1) is 0 Å². The van der Waals surface area contributed by atoms with Crippen LogP contribution in [0.1, 0.15) is 84.5 Å². The molecule has 0 atom stereocenters. The Balaban J connectivity index is 2.46. The van der Waals surface area contributed by atoms with E-state index < -0.39 is 0 Å². The molecule has 0 aliphatic rings. The first-order valence-electron chi connectivity index (χ1n) is 9.86. The van der Waals surface area contributed by atoms with E-state index in [4.69, 9.17) is 0 Å². The number of rotatable bonds is 14. The normalized spacial score (nSPS) is 12.1. The quantitative estimate of drug-likeness (QED) is 0.185. The first-order chi connectivity index (χ1) is 11.8. The van der Waals surface area contributed by atoms with Gasteiger partial charge in [-0.3, -0.25) is 0 Å². The molecule has 0 aliphatic carbocycles. The summed E-state index contributed by atoms with van der Waals surface area (Å²) in [5, 5.41) is 0. The largest absolute Gasteiger partial charge is 0.103 e. The average Bonchev–Trinajstić information content (AvgIpc) is 2.62. The monoisotopic (exact) mass is 344 g/mol. The average molecular weight is 345 g/mol. The smallest absolute Gasteiger partial charge is 0.0119 e. The zero-order valence-electron chi connectivity index (χ0n) is 15.9. The van der Waals surface area contributed by atoms with Crippen molar-refractivity contribution in [3.05, 3.63) is 53.5 Å². The summed E-state index contributed by atoms with van der Waals surface area (Å²) in [6, 6.07) is 10.8. The van der Waals surface area contributed by atoms with E-state index in [1.165, 1.54) is 62.7 Å². The van der Waals surface area contributed by atoms with Gasteiger partial charge >= 0.3 is 0 Å². The Morgan fingerprint density at radius 3 is 2.12 bits per heavy atom. The number of allylic oxidation sites excluding steroid dienone is 3. The molecule has 0 saturated heterocycles. The lowest BCUT2D eigenvalue weighted by atomic mass is 10.0. The Morgan fingerprint density at radius 1 is 0.917 bits per heavy atom. The van der Waals surface area contributed by atoms with Crippen LogP contribution in [-0.4, -0.2) is 0 Å². The van der Waals surface area contributed by atoms with E-state index in [1.807, 2.05) is 11.8 Å². The number of benzene rings is 1. The minimum absolute atomic E-state index is 1.03. The van der Waals surface area contributed by atoms with Crippen LogP contribution in [0.4, 0.5) is 0 Å². The Bertz CT molecular complexity index is 458. The lowest BCUT2D eigenvalue weighted by molar-refractivity contribution is 0.576. The Labute approximate surface area is 154 Å². The van der Waals surface area contributed by atoms with E-state index in [0.29, 0.717) is 0 Å². The lowest BCUT2D eigenvalue weighted by Crippen LogP contribution is -1.90. The van der Waals surface area contributed by atoms with E-state index >= 15 is 0 Å². The van der Waals surface area contributed by atoms with Crippen molar-refractivity contribution in [1.82, 2.24) is 0 Å². The van der Waals surface area contributed by atoms with Crippen LogP contribution < -0.4 is 0 Å². The van der Waals surface area contributed by atoms with Gasteiger partial charge in [0.25, 0.3) is 0 Å². The molecule has 0 N–H and O–H groups in total. The highest BCUT2D eigenvalue weighted by Crippen LogP contribution is 2.35. The van der Waals surface area contributed by atoms with Gasteiger partial charge in [-0.05, 0) is 42.7 Å². The summed E-state index contributed by atoms with van der Waals surface area (Å²) in [6.45, 7) is 8.50. The molecular weight excluding hydrogens is 308 g/mol. The van der Waals surface area contributed by atoms with Crippen LogP contribution in [0.2, 0.25) is 0 Å². The van der Waals surface area contributed by atoms with Crippen molar-refractivity contribution in [2.24, 2.45) is 0 Å². The maximum atomic E-state index is 3.94. The fourth-order valence-corrected chi connectivity index (χ4v) is 4.18. The van der Waals surface area contributed by atoms with Crippen LogP contribution in [0.5, 0.6) is 0 Å². The second-order valence-corrected chi connectivity index (χ2v) is 7.68. The van der Waals surface area contributed by atoms with E-state index in [2.05, 4.69) is 56.8 Å². The van der Waals surface area contributed by atoms with E-state index in [-0.39, 0.29) is 0 Å². The molecule has 0 unspecified atom stereocenters. The van der Waals surface area contributed by atoms with Crippen LogP contribution in [0.15, 0.2) is 58.4 Å². The van der Waals surface area contributed by atoms with Gasteiger partial charge in [-0.1, -0.05) is 100 Å². The van der Waals surface area contributed by atoms with Crippen molar-refractivity contribution in [3.63, 3.8) is 0 Å². The fourth-order valence-electron chi connectivity index (χ4n) is 2.98. The first-order valence-corrected chi connectivity index (χ1v) is 10.7. The van der Waals surface area contributed by atoms with Crippen molar-refractivity contribution in [3.8, 4) is 0 Å². The maximum absolute atomic E-state index is 3.94. The van der Waals surface area contributed by atoms with Crippen LogP contribution in [-0.2, 0) is 0 Å². The van der Waals surface area contributed by atoms with Crippen LogP contribution in [0.25, 0.3) is 0 Å². The summed E-state index contributed by atoms with van der Waals surface area (Å²) in [4.78, 5) is 2.94. The topological polar surface area (TPSA) is 0 Å². The van der Waals surface area contributed by atoms with Crippen molar-refractivity contribution < 1.29 is 0 Å². The molecule has 24 heavy (non-hydrogen) atoms. The molecule has 1 aromatic carbocycles. The Morgan fingerprint density at radius 2 is 1.54 bits per heavy atom. The SMILES string of the molecule is C=CC/C(CC)=C(\CCCCCCCCCC)Sc1ccccc1. The van der Waals surface area contributed by atoms with Gasteiger partial charge in [-0.25, -0.2) is 0 Å². The van der Waals surface area contributed by atoms with Gasteiger partial charge in [0.1, 0.15) is 0 Å². The predicted octanol–water partition coefficient (Wildman–Crippen LogP) is 8.55. The molecule has 0 heterocycles. The van der Waals surface area contributed by atoms with Gasteiger partial charge in [-0.15, -0.1) is 6.58 Å². The Kier molecular flexibility index (Phi) is 12.7. The molecule has 0 fully saturated rings. The fraction of sp³-hybridized carbons (Fsp3) is 0.565. The third kappa shape index (κ3) is 9.37. The van der Waals surface area contributed by atoms with E-state index in [1.54, 1.807) is 10.5 Å². The number of thioether (sulfide) groups is 1. The first kappa shape index (κ1) is 21.1. The summed E-state index contributed by atoms with van der Waals surface area (Å²) in [5.74, 6) is 0. The highest BCUT2D eigenvalue weighted by atomic mass is 32.2. The molecule has 1 rings (SSSR count). The van der Waals surface area contributed by atoms with Crippen LogP contribution >= 0.6 is 11.8 Å². The van der Waals surface area contributed by atoms with E-state index in [9.17, 15) is 0 Å². The lowest BCUT2D eigenvalue weighted by Gasteiger charge is -2.13. The van der Waals surface area contributed by atoms with Gasteiger partial charge in [0, 0.05) is 4.90 Å². The zero-order chi connectivity index (χ0) is 17.5. The van der Waals surface area contributed by atoms with Crippen molar-refractivity contribution in [2.75, 3.05) is 0 Å². The molecule has 1 aromatic rings. The maximum Gasteiger partial charge on any atom is 0.0119 e. The molecular formula is C23H36S. The highest BCUT2D eigenvalue weighted by Gasteiger charge is 2.07. The molecule has 134 valence electrons. The van der Waals surface area contributed by atoms with Gasteiger partial charge in [-0.2, -0.15) is 0 Å². The van der Waals surface area contributed by atoms with Crippen molar-refractivity contribution in [1.29, 1.82) is 0 Å². The molecule has 0 radical (unpaired) electrons. The minimum atomic E-state index is 1.03. The third-order valence-corrected chi connectivity index (χ3v) is 5.70. The van der Waals surface area contributed by atoms with E-state index in [0.717, 1.165) is 12.8 Å². The molecule has 0 bridgehead atoms. The van der Waals surface area contributed by atoms with Gasteiger partial charge in [0.2, 0.25) is 0 Å². The van der Waals surface area contributed by atoms with Gasteiger partial charge in [0.15, 0.2) is 0 Å². The molecule has 0 saturated carbocycles.